The third-order valence-electron chi connectivity index (χ3n) is 19.5. The summed E-state index contributed by atoms with van der Waals surface area (Å²) in [5, 5.41) is 10.7. The Morgan fingerprint density at radius 1 is 0.265 bits per heavy atom. The Morgan fingerprint density at radius 2 is 0.451 bits per heavy atom. The van der Waals surface area contributed by atoms with Crippen LogP contribution in [0.25, 0.3) is 0 Å². The van der Waals surface area contributed by atoms with Crippen LogP contribution in [0.2, 0.25) is 0 Å². The van der Waals surface area contributed by atoms with E-state index < -0.39 is 97.5 Å². The maximum atomic E-state index is 13.1. The Kier molecular flexibility index (Phi) is 74.4. The number of aliphatic hydroxyl groups excluding tert-OH is 1. The van der Waals surface area contributed by atoms with E-state index in [1.165, 1.54) is 270 Å². The van der Waals surface area contributed by atoms with Gasteiger partial charge in [-0.05, 0) is 31.6 Å². The van der Waals surface area contributed by atoms with Crippen LogP contribution in [0.1, 0.15) is 446 Å². The van der Waals surface area contributed by atoms with E-state index in [9.17, 15) is 43.2 Å². The van der Waals surface area contributed by atoms with Crippen LogP contribution in [-0.4, -0.2) is 96.7 Å². The Balaban J connectivity index is 5.26. The van der Waals surface area contributed by atoms with Gasteiger partial charge >= 0.3 is 39.5 Å². The van der Waals surface area contributed by atoms with Gasteiger partial charge in [-0.1, -0.05) is 394 Å². The van der Waals surface area contributed by atoms with Crippen molar-refractivity contribution in [3.8, 4) is 0 Å². The van der Waals surface area contributed by atoms with Gasteiger partial charge in [-0.25, -0.2) is 9.13 Å². The van der Waals surface area contributed by atoms with Crippen LogP contribution >= 0.6 is 15.6 Å². The number of unbranched alkanes of at least 4 members (excludes halogenated alkanes) is 55. The van der Waals surface area contributed by atoms with E-state index >= 15 is 0 Å². The second-order valence-corrected chi connectivity index (χ2v) is 33.3. The number of rotatable bonds is 83. The summed E-state index contributed by atoms with van der Waals surface area (Å²) in [5.74, 6) is -1.30. The minimum absolute atomic E-state index is 0.109. The summed E-state index contributed by atoms with van der Waals surface area (Å²) in [4.78, 5) is 73.2. The van der Waals surface area contributed by atoms with Crippen LogP contribution in [0, 0.1) is 5.92 Å². The highest BCUT2D eigenvalue weighted by Gasteiger charge is 2.30. The summed E-state index contributed by atoms with van der Waals surface area (Å²) in [6, 6.07) is 0. The lowest BCUT2D eigenvalue weighted by Gasteiger charge is -2.21. The van der Waals surface area contributed by atoms with E-state index in [-0.39, 0.29) is 25.7 Å². The second-order valence-electron chi connectivity index (χ2n) is 30.3. The van der Waals surface area contributed by atoms with E-state index in [1.54, 1.807) is 0 Å². The number of hydrogen-bond acceptors (Lipinski definition) is 15. The summed E-state index contributed by atoms with van der Waals surface area (Å²) >= 11 is 0. The standard InChI is InChI=1S/C83H162O17P2/c1-6-9-12-15-18-21-24-27-29-33-37-42-47-52-57-62-67-81(86)94-73-79(100-83(88)69-64-59-54-49-44-39-35-31-32-36-40-45-50-55-60-65-76(4)5)75-98-102(91,92)96-71-77(84)70-95-101(89,90)97-74-78(72-93-80(85)66-61-56-51-46-41-26-23-20-17-14-11-8-3)99-82(87)68-63-58-53-48-43-38-34-30-28-25-22-19-16-13-10-7-2/h76-79,84H,6-75H2,1-5H3,(H,89,90)(H,91,92)/t77-,78+,79+/m0/s1. The summed E-state index contributed by atoms with van der Waals surface area (Å²) < 4.78 is 68.8. The van der Waals surface area contributed by atoms with Gasteiger partial charge < -0.3 is 33.8 Å². The molecule has 0 aliphatic carbocycles. The molecule has 0 saturated carbocycles. The number of esters is 4. The quantitative estimate of drug-likeness (QED) is 0.0222. The number of aliphatic hydroxyl groups is 1. The molecule has 0 rings (SSSR count). The SMILES string of the molecule is CCCCCCCCCCCCCCCCCCC(=O)OC[C@H](COP(=O)(O)OC[C@@H](O)COP(=O)(O)OC[C@@H](COC(=O)CCCCCCCCCCCCCC)OC(=O)CCCCCCCCCCCCCCCCCC)OC(=O)CCCCCCCCCCCCCCCCCC(C)C. The summed E-state index contributed by atoms with van der Waals surface area (Å²) in [6.07, 6.45) is 67.8. The lowest BCUT2D eigenvalue weighted by atomic mass is 10.0. The van der Waals surface area contributed by atoms with Crippen LogP contribution in [0.15, 0.2) is 0 Å². The lowest BCUT2D eigenvalue weighted by molar-refractivity contribution is -0.161. The summed E-state index contributed by atoms with van der Waals surface area (Å²) in [7, 11) is -9.92. The largest absolute Gasteiger partial charge is 0.472 e. The summed E-state index contributed by atoms with van der Waals surface area (Å²) in [6.45, 7) is 7.38. The first-order chi connectivity index (χ1) is 49.5. The van der Waals surface area contributed by atoms with Gasteiger partial charge in [-0.15, -0.1) is 0 Å². The molecule has 0 spiro atoms. The molecule has 0 fully saturated rings. The molecule has 0 heterocycles. The molecule has 102 heavy (non-hydrogen) atoms. The lowest BCUT2D eigenvalue weighted by Crippen LogP contribution is -2.30. The van der Waals surface area contributed by atoms with Crippen molar-refractivity contribution < 1.29 is 80.2 Å². The average molecular weight is 1490 g/mol. The van der Waals surface area contributed by atoms with E-state index in [0.29, 0.717) is 25.7 Å². The van der Waals surface area contributed by atoms with Crippen LogP contribution in [0.3, 0.4) is 0 Å². The fourth-order valence-electron chi connectivity index (χ4n) is 12.9. The Labute approximate surface area is 626 Å². The first kappa shape index (κ1) is 100. The number of ether oxygens (including phenoxy) is 4. The first-order valence-electron chi connectivity index (χ1n) is 43.1. The fourth-order valence-corrected chi connectivity index (χ4v) is 14.5. The molecule has 0 aliphatic rings. The normalized spacial score (nSPS) is 13.8. The number of carbonyl (C=O) groups is 4. The zero-order valence-corrected chi connectivity index (χ0v) is 68.5. The maximum absolute atomic E-state index is 13.1. The van der Waals surface area contributed by atoms with Gasteiger partial charge in [-0.2, -0.15) is 0 Å². The van der Waals surface area contributed by atoms with Crippen molar-refractivity contribution >= 4 is 39.5 Å². The van der Waals surface area contributed by atoms with E-state index in [2.05, 4.69) is 34.6 Å². The van der Waals surface area contributed by atoms with Crippen molar-refractivity contribution in [1.29, 1.82) is 0 Å². The van der Waals surface area contributed by atoms with Crippen molar-refractivity contribution in [1.82, 2.24) is 0 Å². The average Bonchev–Trinajstić information content (AvgIpc) is 0.922. The first-order valence-corrected chi connectivity index (χ1v) is 46.1. The topological polar surface area (TPSA) is 237 Å². The molecule has 0 saturated heterocycles. The molecule has 606 valence electrons. The van der Waals surface area contributed by atoms with Gasteiger partial charge in [-0.3, -0.25) is 37.3 Å². The van der Waals surface area contributed by atoms with Crippen LogP contribution in [0.5, 0.6) is 0 Å². The molecule has 17 nitrogen and oxygen atoms in total. The summed E-state index contributed by atoms with van der Waals surface area (Å²) in [5.41, 5.74) is 0. The Bertz CT molecular complexity index is 1940. The van der Waals surface area contributed by atoms with E-state index in [1.807, 2.05) is 0 Å². The molecule has 0 aliphatic heterocycles. The molecule has 3 N–H and O–H groups in total. The molecule has 0 aromatic carbocycles. The smallest absolute Gasteiger partial charge is 0.462 e. The maximum Gasteiger partial charge on any atom is 0.472 e. The second kappa shape index (κ2) is 75.9. The van der Waals surface area contributed by atoms with Crippen molar-refractivity contribution in [2.75, 3.05) is 39.6 Å². The molecule has 19 heteroatoms. The van der Waals surface area contributed by atoms with Gasteiger partial charge in [0.25, 0.3) is 0 Å². The van der Waals surface area contributed by atoms with E-state index in [4.69, 9.17) is 37.0 Å². The fraction of sp³-hybridized carbons (Fsp3) is 0.952. The Hall–Kier alpha value is -1.94. The number of phosphoric acid groups is 2. The van der Waals surface area contributed by atoms with Crippen molar-refractivity contribution in [2.45, 2.75) is 464 Å². The molecular weight excluding hydrogens is 1330 g/mol. The molecule has 0 aromatic heterocycles. The molecule has 0 amide bonds. The van der Waals surface area contributed by atoms with E-state index in [0.717, 1.165) is 95.8 Å². The minimum atomic E-state index is -4.96. The van der Waals surface area contributed by atoms with Gasteiger partial charge in [0.15, 0.2) is 12.2 Å². The van der Waals surface area contributed by atoms with Crippen LogP contribution in [0.4, 0.5) is 0 Å². The number of phosphoric ester groups is 2. The van der Waals surface area contributed by atoms with Crippen molar-refractivity contribution in [3.05, 3.63) is 0 Å². The third-order valence-corrected chi connectivity index (χ3v) is 21.4. The third kappa shape index (κ3) is 76.3. The van der Waals surface area contributed by atoms with Crippen LogP contribution < -0.4 is 0 Å². The highest BCUT2D eigenvalue weighted by molar-refractivity contribution is 7.47. The minimum Gasteiger partial charge on any atom is -0.462 e. The molecular formula is C83H162O17P2. The zero-order chi connectivity index (χ0) is 74.8. The van der Waals surface area contributed by atoms with Gasteiger partial charge in [0.05, 0.1) is 26.4 Å². The molecule has 0 aromatic rings. The highest BCUT2D eigenvalue weighted by Crippen LogP contribution is 2.45. The molecule has 2 unspecified atom stereocenters. The predicted octanol–water partition coefficient (Wildman–Crippen LogP) is 25.2. The monoisotopic (exact) mass is 1490 g/mol. The molecule has 0 bridgehead atoms. The van der Waals surface area contributed by atoms with Crippen molar-refractivity contribution in [2.24, 2.45) is 5.92 Å². The Morgan fingerprint density at radius 3 is 0.667 bits per heavy atom. The zero-order valence-electron chi connectivity index (χ0n) is 66.8. The number of hydrogen-bond donors (Lipinski definition) is 3. The van der Waals surface area contributed by atoms with Gasteiger partial charge in [0.2, 0.25) is 0 Å². The number of carbonyl (C=O) groups excluding carboxylic acids is 4. The highest BCUT2D eigenvalue weighted by atomic mass is 31.2. The van der Waals surface area contributed by atoms with Crippen molar-refractivity contribution in [3.63, 3.8) is 0 Å². The molecule has 5 atom stereocenters. The predicted molar refractivity (Wildman–Crippen MR) is 418 cm³/mol. The van der Waals surface area contributed by atoms with Crippen LogP contribution in [-0.2, 0) is 65.4 Å². The molecule has 0 radical (unpaired) electrons. The van der Waals surface area contributed by atoms with Gasteiger partial charge in [0.1, 0.15) is 19.3 Å². The van der Waals surface area contributed by atoms with Gasteiger partial charge in [0, 0.05) is 25.7 Å².